The Hall–Kier alpha value is -1.16. The quantitative estimate of drug-likeness (QED) is 0.634. The van der Waals surface area contributed by atoms with Gasteiger partial charge in [0.05, 0.1) is 12.1 Å². The third-order valence-corrected chi connectivity index (χ3v) is 3.04. The highest BCUT2D eigenvalue weighted by atomic mass is 16.5. The molecule has 0 radical (unpaired) electrons. The van der Waals surface area contributed by atoms with Crippen LogP contribution < -0.4 is 0 Å². The number of rotatable bonds is 2. The molecule has 1 fully saturated rings. The van der Waals surface area contributed by atoms with Crippen molar-refractivity contribution < 1.29 is 14.3 Å². The van der Waals surface area contributed by atoms with E-state index in [4.69, 9.17) is 4.74 Å². The van der Waals surface area contributed by atoms with Crippen LogP contribution in [0.15, 0.2) is 11.6 Å². The summed E-state index contributed by atoms with van der Waals surface area (Å²) in [5.41, 5.74) is 0.518. The summed E-state index contributed by atoms with van der Waals surface area (Å²) < 4.78 is 5.49. The first kappa shape index (κ1) is 10.4. The zero-order valence-electron chi connectivity index (χ0n) is 9.03. The molecule has 2 aliphatic rings. The fourth-order valence-electron chi connectivity index (χ4n) is 2.14. The van der Waals surface area contributed by atoms with Crippen molar-refractivity contribution in [3.8, 4) is 0 Å². The molecule has 0 N–H and O–H groups in total. The highest BCUT2D eigenvalue weighted by molar-refractivity contribution is 6.16. The molecule has 2 rings (SSSR count). The second-order valence-electron chi connectivity index (χ2n) is 4.13. The Morgan fingerprint density at radius 3 is 2.73 bits per heavy atom. The van der Waals surface area contributed by atoms with E-state index in [1.54, 1.807) is 6.92 Å². The van der Waals surface area contributed by atoms with E-state index in [1.165, 1.54) is 11.0 Å². The van der Waals surface area contributed by atoms with Crippen LogP contribution in [0.25, 0.3) is 0 Å². The molecule has 1 saturated heterocycles. The number of carbonyl (C=O) groups is 2. The molecule has 2 atom stereocenters. The fourth-order valence-corrected chi connectivity index (χ4v) is 2.14. The number of ether oxygens (including phenoxy) is 1. The molecule has 0 spiro atoms. The number of carbonyl (C=O) groups excluding carboxylic acids is 2. The minimum absolute atomic E-state index is 0.0113. The zero-order valence-corrected chi connectivity index (χ0v) is 9.03. The zero-order chi connectivity index (χ0) is 11.0. The summed E-state index contributed by atoms with van der Waals surface area (Å²) in [6.45, 7) is 4.28. The van der Waals surface area contributed by atoms with Gasteiger partial charge in [0.1, 0.15) is 0 Å². The van der Waals surface area contributed by atoms with Crippen molar-refractivity contribution >= 4 is 11.8 Å². The molecule has 0 saturated carbocycles. The smallest absolute Gasteiger partial charge is 0.256 e. The first-order chi connectivity index (χ1) is 7.11. The van der Waals surface area contributed by atoms with Crippen molar-refractivity contribution in [2.75, 3.05) is 6.61 Å². The van der Waals surface area contributed by atoms with Crippen LogP contribution in [0.1, 0.15) is 26.7 Å². The SMILES string of the molecule is CC1=CC(=O)N(C(C)C2CCCO2)C1=O. The van der Waals surface area contributed by atoms with Crippen molar-refractivity contribution in [3.63, 3.8) is 0 Å². The summed E-state index contributed by atoms with van der Waals surface area (Å²) in [5.74, 6) is -0.386. The van der Waals surface area contributed by atoms with Gasteiger partial charge in [-0.1, -0.05) is 0 Å². The number of amides is 2. The summed E-state index contributed by atoms with van der Waals surface area (Å²) >= 11 is 0. The molecule has 82 valence electrons. The molecular formula is C11H15NO3. The molecule has 15 heavy (non-hydrogen) atoms. The Morgan fingerprint density at radius 2 is 2.27 bits per heavy atom. The van der Waals surface area contributed by atoms with E-state index in [0.717, 1.165) is 19.4 Å². The number of hydrogen-bond acceptors (Lipinski definition) is 3. The van der Waals surface area contributed by atoms with Crippen molar-refractivity contribution in [1.82, 2.24) is 4.90 Å². The largest absolute Gasteiger partial charge is 0.376 e. The van der Waals surface area contributed by atoms with E-state index in [0.29, 0.717) is 5.57 Å². The molecule has 2 heterocycles. The van der Waals surface area contributed by atoms with Gasteiger partial charge in [-0.25, -0.2) is 0 Å². The van der Waals surface area contributed by atoms with Gasteiger partial charge in [0.2, 0.25) is 0 Å². The monoisotopic (exact) mass is 209 g/mol. The molecule has 2 aliphatic heterocycles. The maximum absolute atomic E-state index is 11.7. The van der Waals surface area contributed by atoms with E-state index in [2.05, 4.69) is 0 Å². The van der Waals surface area contributed by atoms with Crippen LogP contribution in [-0.4, -0.2) is 35.5 Å². The van der Waals surface area contributed by atoms with E-state index < -0.39 is 0 Å². The Balaban J connectivity index is 2.11. The molecule has 0 aromatic carbocycles. The van der Waals surface area contributed by atoms with Crippen LogP contribution in [-0.2, 0) is 14.3 Å². The van der Waals surface area contributed by atoms with E-state index >= 15 is 0 Å². The Kier molecular flexibility index (Phi) is 2.61. The maximum Gasteiger partial charge on any atom is 0.256 e. The van der Waals surface area contributed by atoms with Crippen LogP contribution in [0.4, 0.5) is 0 Å². The summed E-state index contributed by atoms with van der Waals surface area (Å²) in [4.78, 5) is 24.6. The van der Waals surface area contributed by atoms with Gasteiger partial charge in [0.25, 0.3) is 11.8 Å². The van der Waals surface area contributed by atoms with Gasteiger partial charge < -0.3 is 4.74 Å². The van der Waals surface area contributed by atoms with Gasteiger partial charge in [-0.2, -0.15) is 0 Å². The summed E-state index contributed by atoms with van der Waals surface area (Å²) in [6.07, 6.45) is 3.35. The number of nitrogens with zero attached hydrogens (tertiary/aromatic N) is 1. The second-order valence-corrected chi connectivity index (χ2v) is 4.13. The minimum atomic E-state index is -0.208. The standard InChI is InChI=1S/C11H15NO3/c1-7-6-10(13)12(11(7)14)8(2)9-4-3-5-15-9/h6,8-9H,3-5H2,1-2H3. The van der Waals surface area contributed by atoms with E-state index in [1.807, 2.05) is 6.92 Å². The number of imide groups is 1. The van der Waals surface area contributed by atoms with Crippen LogP contribution >= 0.6 is 0 Å². The normalized spacial score (nSPS) is 28.5. The second kappa shape index (κ2) is 3.77. The van der Waals surface area contributed by atoms with Crippen molar-refractivity contribution in [3.05, 3.63) is 11.6 Å². The highest BCUT2D eigenvalue weighted by Crippen LogP contribution is 2.23. The molecule has 0 aliphatic carbocycles. The first-order valence-corrected chi connectivity index (χ1v) is 5.28. The topological polar surface area (TPSA) is 46.6 Å². The Labute approximate surface area is 88.9 Å². The summed E-state index contributed by atoms with van der Waals surface area (Å²) in [7, 11) is 0. The van der Waals surface area contributed by atoms with Crippen molar-refractivity contribution in [1.29, 1.82) is 0 Å². The fraction of sp³-hybridized carbons (Fsp3) is 0.636. The lowest BCUT2D eigenvalue weighted by Crippen LogP contribution is -2.45. The van der Waals surface area contributed by atoms with Gasteiger partial charge in [0, 0.05) is 18.3 Å². The minimum Gasteiger partial charge on any atom is -0.376 e. The molecule has 0 aromatic heterocycles. The van der Waals surface area contributed by atoms with Crippen LogP contribution in [0.3, 0.4) is 0 Å². The van der Waals surface area contributed by atoms with Gasteiger partial charge in [-0.05, 0) is 26.7 Å². The van der Waals surface area contributed by atoms with Crippen LogP contribution in [0.5, 0.6) is 0 Å². The summed E-state index contributed by atoms with van der Waals surface area (Å²) in [6, 6.07) is -0.152. The predicted octanol–water partition coefficient (Wildman–Crippen LogP) is 0.869. The average Bonchev–Trinajstić information content (AvgIpc) is 2.76. The Morgan fingerprint density at radius 1 is 1.53 bits per heavy atom. The average molecular weight is 209 g/mol. The lowest BCUT2D eigenvalue weighted by atomic mass is 10.1. The third kappa shape index (κ3) is 1.69. The lowest BCUT2D eigenvalue weighted by Gasteiger charge is -2.27. The van der Waals surface area contributed by atoms with Gasteiger partial charge in [0.15, 0.2) is 0 Å². The molecule has 0 aromatic rings. The molecular weight excluding hydrogens is 194 g/mol. The lowest BCUT2D eigenvalue weighted by molar-refractivity contribution is -0.142. The van der Waals surface area contributed by atoms with E-state index in [-0.39, 0.29) is 24.0 Å². The maximum atomic E-state index is 11.7. The summed E-state index contributed by atoms with van der Waals surface area (Å²) in [5, 5.41) is 0. The molecule has 4 heteroatoms. The van der Waals surface area contributed by atoms with Gasteiger partial charge >= 0.3 is 0 Å². The number of hydrogen-bond donors (Lipinski definition) is 0. The molecule has 2 amide bonds. The molecule has 4 nitrogen and oxygen atoms in total. The Bertz CT molecular complexity index is 329. The highest BCUT2D eigenvalue weighted by Gasteiger charge is 2.37. The third-order valence-electron chi connectivity index (χ3n) is 3.04. The van der Waals surface area contributed by atoms with E-state index in [9.17, 15) is 9.59 Å². The first-order valence-electron chi connectivity index (χ1n) is 5.28. The van der Waals surface area contributed by atoms with Crippen LogP contribution in [0.2, 0.25) is 0 Å². The van der Waals surface area contributed by atoms with Gasteiger partial charge in [-0.3, -0.25) is 14.5 Å². The van der Waals surface area contributed by atoms with Crippen LogP contribution in [0, 0.1) is 0 Å². The van der Waals surface area contributed by atoms with Crippen molar-refractivity contribution in [2.45, 2.75) is 38.8 Å². The molecule has 2 unspecified atom stereocenters. The van der Waals surface area contributed by atoms with Gasteiger partial charge in [-0.15, -0.1) is 0 Å². The predicted molar refractivity (Wildman–Crippen MR) is 54.0 cm³/mol. The van der Waals surface area contributed by atoms with Crippen molar-refractivity contribution in [2.24, 2.45) is 0 Å². The molecule has 0 bridgehead atoms.